The van der Waals surface area contributed by atoms with Gasteiger partial charge in [0.15, 0.2) is 0 Å². The third kappa shape index (κ3) is 2.62. The van der Waals surface area contributed by atoms with Gasteiger partial charge < -0.3 is 5.21 Å². The molecule has 0 amide bonds. The molecule has 3 nitrogen and oxygen atoms in total. The minimum Gasteiger partial charge on any atom is -0.425 e. The predicted octanol–water partition coefficient (Wildman–Crippen LogP) is 2.79. The SMILES string of the molecule is CC.Cc1ccc(C(C)C)n(O)c1=O.[HH]. The summed E-state index contributed by atoms with van der Waals surface area (Å²) in [6, 6.07) is 3.49. The van der Waals surface area contributed by atoms with Crippen molar-refractivity contribution in [3.63, 3.8) is 0 Å². The number of aromatic nitrogens is 1. The van der Waals surface area contributed by atoms with E-state index in [1.165, 1.54) is 0 Å². The van der Waals surface area contributed by atoms with Gasteiger partial charge in [-0.05, 0) is 18.9 Å². The molecule has 1 aromatic heterocycles. The van der Waals surface area contributed by atoms with Crippen molar-refractivity contribution >= 4 is 0 Å². The molecule has 1 N–H and O–H groups in total. The molecule has 0 aliphatic carbocycles. The minimum absolute atomic E-state index is 0. The first-order valence-corrected chi connectivity index (χ1v) is 4.96. The van der Waals surface area contributed by atoms with Crippen LogP contribution in [0.25, 0.3) is 0 Å². The first-order valence-electron chi connectivity index (χ1n) is 4.96. The van der Waals surface area contributed by atoms with Crippen molar-refractivity contribution in [2.45, 2.75) is 40.5 Å². The fraction of sp³-hybridized carbons (Fsp3) is 0.545. The van der Waals surface area contributed by atoms with Crippen molar-refractivity contribution in [3.05, 3.63) is 33.7 Å². The topological polar surface area (TPSA) is 42.2 Å². The molecule has 0 aliphatic rings. The van der Waals surface area contributed by atoms with Gasteiger partial charge in [0, 0.05) is 6.99 Å². The molecular weight excluding hydrogens is 178 g/mol. The Hall–Kier alpha value is -1.25. The second-order valence-corrected chi connectivity index (χ2v) is 3.21. The van der Waals surface area contributed by atoms with Crippen LogP contribution >= 0.6 is 0 Å². The zero-order valence-electron chi connectivity index (χ0n) is 9.53. The Morgan fingerprint density at radius 3 is 2.29 bits per heavy atom. The van der Waals surface area contributed by atoms with Gasteiger partial charge in [0.1, 0.15) is 0 Å². The molecular formula is C11H21NO2. The van der Waals surface area contributed by atoms with Crippen molar-refractivity contribution in [1.29, 1.82) is 0 Å². The molecule has 0 saturated carbocycles. The first-order chi connectivity index (χ1) is 6.54. The summed E-state index contributed by atoms with van der Waals surface area (Å²) in [5.41, 5.74) is 0.869. The van der Waals surface area contributed by atoms with Crippen LogP contribution in [0.1, 0.15) is 46.3 Å². The van der Waals surface area contributed by atoms with E-state index in [1.54, 1.807) is 19.1 Å². The standard InChI is InChI=1S/C9H13NO2.C2H6.H2/c1-6(2)8-5-4-7(3)9(11)10(8)12;1-2;/h4-6,12H,1-3H3;1-2H3;1H. The largest absolute Gasteiger partial charge is 0.425 e. The Balaban J connectivity index is 0. The average Bonchev–Trinajstić information content (AvgIpc) is 2.17. The molecule has 1 rings (SSSR count). The second-order valence-electron chi connectivity index (χ2n) is 3.21. The molecule has 14 heavy (non-hydrogen) atoms. The molecule has 0 saturated heterocycles. The molecule has 3 heteroatoms. The summed E-state index contributed by atoms with van der Waals surface area (Å²) >= 11 is 0. The molecule has 82 valence electrons. The maximum atomic E-state index is 11.2. The molecule has 0 spiro atoms. The maximum absolute atomic E-state index is 11.2. The van der Waals surface area contributed by atoms with Gasteiger partial charge in [0.25, 0.3) is 5.56 Å². The molecule has 0 radical (unpaired) electrons. The molecule has 0 aliphatic heterocycles. The Morgan fingerprint density at radius 2 is 1.86 bits per heavy atom. The summed E-state index contributed by atoms with van der Waals surface area (Å²) in [7, 11) is 0. The van der Waals surface area contributed by atoms with Gasteiger partial charge in [0.2, 0.25) is 0 Å². The highest BCUT2D eigenvalue weighted by atomic mass is 16.5. The number of aryl methyl sites for hydroxylation is 1. The van der Waals surface area contributed by atoms with Crippen LogP contribution in [0.5, 0.6) is 0 Å². The van der Waals surface area contributed by atoms with Crippen LogP contribution in [0.2, 0.25) is 0 Å². The molecule has 0 unspecified atom stereocenters. The van der Waals surface area contributed by atoms with E-state index >= 15 is 0 Å². The van der Waals surface area contributed by atoms with Gasteiger partial charge >= 0.3 is 0 Å². The lowest BCUT2D eigenvalue weighted by Crippen LogP contribution is -2.23. The summed E-state index contributed by atoms with van der Waals surface area (Å²) in [5, 5.41) is 9.35. The second kappa shape index (κ2) is 5.47. The third-order valence-corrected chi connectivity index (χ3v) is 1.87. The number of hydrogen-bond acceptors (Lipinski definition) is 2. The van der Waals surface area contributed by atoms with Crippen molar-refractivity contribution < 1.29 is 6.63 Å². The van der Waals surface area contributed by atoms with Gasteiger partial charge in [-0.25, -0.2) is 0 Å². The molecule has 0 fully saturated rings. The van der Waals surface area contributed by atoms with E-state index in [0.29, 0.717) is 11.3 Å². The van der Waals surface area contributed by atoms with Gasteiger partial charge in [-0.3, -0.25) is 4.79 Å². The van der Waals surface area contributed by atoms with Crippen LogP contribution in [-0.2, 0) is 0 Å². The molecule has 0 aromatic carbocycles. The van der Waals surface area contributed by atoms with Crippen molar-refractivity contribution in [2.24, 2.45) is 0 Å². The Bertz CT molecular complexity index is 345. The zero-order chi connectivity index (χ0) is 11.3. The Kier molecular flexibility index (Phi) is 4.99. The van der Waals surface area contributed by atoms with E-state index in [4.69, 9.17) is 0 Å². The van der Waals surface area contributed by atoms with E-state index < -0.39 is 0 Å². The highest BCUT2D eigenvalue weighted by Crippen LogP contribution is 2.10. The van der Waals surface area contributed by atoms with Crippen molar-refractivity contribution in [1.82, 2.24) is 4.73 Å². The number of rotatable bonds is 1. The lowest BCUT2D eigenvalue weighted by molar-refractivity contribution is 0.161. The monoisotopic (exact) mass is 199 g/mol. The van der Waals surface area contributed by atoms with Gasteiger partial charge in [-0.15, -0.1) is 0 Å². The molecule has 0 bridgehead atoms. The van der Waals surface area contributed by atoms with E-state index in [9.17, 15) is 10.0 Å². The van der Waals surface area contributed by atoms with E-state index in [2.05, 4.69) is 0 Å². The minimum atomic E-state index is -0.332. The Morgan fingerprint density at radius 1 is 1.36 bits per heavy atom. The molecule has 1 heterocycles. The van der Waals surface area contributed by atoms with Gasteiger partial charge in [0.05, 0.1) is 5.69 Å². The highest BCUT2D eigenvalue weighted by molar-refractivity contribution is 5.15. The van der Waals surface area contributed by atoms with Crippen LogP contribution in [0.3, 0.4) is 0 Å². The fourth-order valence-corrected chi connectivity index (χ4v) is 1.07. The van der Waals surface area contributed by atoms with Crippen molar-refractivity contribution in [2.75, 3.05) is 0 Å². The zero-order valence-corrected chi connectivity index (χ0v) is 9.53. The number of nitrogens with zero attached hydrogens (tertiary/aromatic N) is 1. The third-order valence-electron chi connectivity index (χ3n) is 1.87. The predicted molar refractivity (Wildman–Crippen MR) is 60.2 cm³/mol. The van der Waals surface area contributed by atoms with Gasteiger partial charge in [-0.1, -0.05) is 33.8 Å². The fourth-order valence-electron chi connectivity index (χ4n) is 1.07. The van der Waals surface area contributed by atoms with Crippen LogP contribution in [-0.4, -0.2) is 9.94 Å². The normalized spacial score (nSPS) is 9.57. The summed E-state index contributed by atoms with van der Waals surface area (Å²) < 4.78 is 0.722. The maximum Gasteiger partial charge on any atom is 0.285 e. The lowest BCUT2D eigenvalue weighted by atomic mass is 10.1. The van der Waals surface area contributed by atoms with E-state index in [-0.39, 0.29) is 12.9 Å². The summed E-state index contributed by atoms with van der Waals surface area (Å²) in [5.74, 6) is 0.156. The summed E-state index contributed by atoms with van der Waals surface area (Å²) in [6.07, 6.45) is 0. The van der Waals surface area contributed by atoms with Crippen LogP contribution < -0.4 is 5.56 Å². The average molecular weight is 199 g/mol. The highest BCUT2D eigenvalue weighted by Gasteiger charge is 2.07. The van der Waals surface area contributed by atoms with Gasteiger partial charge in [-0.2, -0.15) is 4.73 Å². The van der Waals surface area contributed by atoms with Crippen molar-refractivity contribution in [3.8, 4) is 0 Å². The molecule has 1 aromatic rings. The van der Waals surface area contributed by atoms with E-state index in [0.717, 1.165) is 4.73 Å². The first kappa shape index (κ1) is 12.8. The quantitative estimate of drug-likeness (QED) is 0.707. The Labute approximate surface area is 86.5 Å². The van der Waals surface area contributed by atoms with E-state index in [1.807, 2.05) is 27.7 Å². The lowest BCUT2D eigenvalue weighted by Gasteiger charge is -2.09. The smallest absolute Gasteiger partial charge is 0.285 e. The molecule has 0 atom stereocenters. The van der Waals surface area contributed by atoms with Crippen LogP contribution in [0.15, 0.2) is 16.9 Å². The number of pyridine rings is 1. The summed E-state index contributed by atoms with van der Waals surface area (Å²) in [4.78, 5) is 11.2. The van der Waals surface area contributed by atoms with Crippen LogP contribution in [0, 0.1) is 6.92 Å². The summed E-state index contributed by atoms with van der Waals surface area (Å²) in [6.45, 7) is 9.53. The van der Waals surface area contributed by atoms with Crippen LogP contribution in [0.4, 0.5) is 0 Å². The number of hydrogen-bond donors (Lipinski definition) is 1.